The number of nitrogens with zero attached hydrogens (tertiary/aromatic N) is 3. The van der Waals surface area contributed by atoms with Gasteiger partial charge in [-0.2, -0.15) is 18.3 Å². The maximum absolute atomic E-state index is 12.8. The van der Waals surface area contributed by atoms with Crippen molar-refractivity contribution in [2.45, 2.75) is 31.2 Å². The highest BCUT2D eigenvalue weighted by Crippen LogP contribution is 2.34. The number of aliphatic hydroxyl groups is 1. The van der Waals surface area contributed by atoms with E-state index in [4.69, 9.17) is 0 Å². The molecular weight excluding hydrogens is 317 g/mol. The first-order valence-corrected chi connectivity index (χ1v) is 6.93. The Labute approximate surface area is 130 Å². The molecule has 1 aliphatic carbocycles. The van der Waals surface area contributed by atoms with Gasteiger partial charge in [0.1, 0.15) is 5.72 Å². The van der Waals surface area contributed by atoms with E-state index in [1.807, 2.05) is 0 Å². The van der Waals surface area contributed by atoms with Crippen molar-refractivity contribution in [3.8, 4) is 0 Å². The van der Waals surface area contributed by atoms with Crippen molar-refractivity contribution >= 4 is 11.8 Å². The van der Waals surface area contributed by atoms with Crippen LogP contribution in [0.5, 0.6) is 0 Å². The van der Waals surface area contributed by atoms with Crippen molar-refractivity contribution in [3.05, 3.63) is 17.5 Å². The Morgan fingerprint density at radius 3 is 2.57 bits per heavy atom. The molecule has 2 rings (SSSR count). The summed E-state index contributed by atoms with van der Waals surface area (Å²) in [4.78, 5) is 24.9. The average Bonchev–Trinajstić information content (AvgIpc) is 2.83. The minimum Gasteiger partial charge on any atom is -0.371 e. The number of amides is 2. The SMILES string of the molecule is CN(C(=O)CNC(=O)c1cn(C)nc1C(F)(F)F)C1(O)CCC1. The summed E-state index contributed by atoms with van der Waals surface area (Å²) in [6.45, 7) is -0.510. The van der Waals surface area contributed by atoms with Crippen LogP contribution in [-0.2, 0) is 18.0 Å². The molecule has 0 aliphatic heterocycles. The molecule has 1 saturated carbocycles. The molecule has 0 aromatic carbocycles. The first-order valence-electron chi connectivity index (χ1n) is 6.93. The number of aromatic nitrogens is 2. The molecule has 1 aliphatic rings. The van der Waals surface area contributed by atoms with Crippen LogP contribution in [0.1, 0.15) is 35.3 Å². The fourth-order valence-corrected chi connectivity index (χ4v) is 2.29. The summed E-state index contributed by atoms with van der Waals surface area (Å²) in [5.74, 6) is -1.63. The van der Waals surface area contributed by atoms with Gasteiger partial charge in [-0.15, -0.1) is 0 Å². The number of carbonyl (C=O) groups excluding carboxylic acids is 2. The van der Waals surface area contributed by atoms with Gasteiger partial charge >= 0.3 is 6.18 Å². The lowest BCUT2D eigenvalue weighted by atomic mass is 9.87. The molecule has 128 valence electrons. The van der Waals surface area contributed by atoms with Gasteiger partial charge in [0.2, 0.25) is 5.91 Å². The minimum atomic E-state index is -4.77. The summed E-state index contributed by atoms with van der Waals surface area (Å²) in [5, 5.41) is 15.4. The normalized spacial score (nSPS) is 16.6. The van der Waals surface area contributed by atoms with E-state index >= 15 is 0 Å². The van der Waals surface area contributed by atoms with Crippen LogP contribution < -0.4 is 5.32 Å². The van der Waals surface area contributed by atoms with Crippen molar-refractivity contribution in [2.24, 2.45) is 7.05 Å². The number of hydrogen-bond acceptors (Lipinski definition) is 4. The summed E-state index contributed by atoms with van der Waals surface area (Å²) in [7, 11) is 2.65. The van der Waals surface area contributed by atoms with E-state index in [-0.39, 0.29) is 0 Å². The summed E-state index contributed by atoms with van der Waals surface area (Å²) in [5.41, 5.74) is -3.19. The summed E-state index contributed by atoms with van der Waals surface area (Å²) < 4.78 is 39.3. The zero-order valence-electron chi connectivity index (χ0n) is 12.6. The van der Waals surface area contributed by atoms with E-state index in [0.29, 0.717) is 12.8 Å². The molecule has 0 spiro atoms. The molecule has 0 atom stereocenters. The molecule has 1 aromatic rings. The molecular formula is C13H17F3N4O3. The molecule has 0 radical (unpaired) electrons. The van der Waals surface area contributed by atoms with Gasteiger partial charge in [0.25, 0.3) is 5.91 Å². The standard InChI is InChI=1S/C13H17F3N4O3/c1-19-7-8(10(18-19)13(14,15)16)11(22)17-6-9(21)20(2)12(23)4-3-5-12/h7,23H,3-6H2,1-2H3,(H,17,22). The zero-order valence-corrected chi connectivity index (χ0v) is 12.6. The Balaban J connectivity index is 2.02. The van der Waals surface area contributed by atoms with Crippen molar-refractivity contribution in [2.75, 3.05) is 13.6 Å². The van der Waals surface area contributed by atoms with Gasteiger partial charge in [-0.05, 0) is 19.3 Å². The van der Waals surface area contributed by atoms with Gasteiger partial charge in [0.05, 0.1) is 12.1 Å². The molecule has 2 N–H and O–H groups in total. The number of carbonyl (C=O) groups is 2. The summed E-state index contributed by atoms with van der Waals surface area (Å²) in [6, 6.07) is 0. The second kappa shape index (κ2) is 5.84. The highest BCUT2D eigenvalue weighted by Gasteiger charge is 2.41. The van der Waals surface area contributed by atoms with E-state index in [1.54, 1.807) is 0 Å². The minimum absolute atomic E-state index is 0.435. The number of aryl methyl sites for hydroxylation is 1. The molecule has 0 unspecified atom stereocenters. The van der Waals surface area contributed by atoms with Crippen molar-refractivity contribution in [3.63, 3.8) is 0 Å². The fraction of sp³-hybridized carbons (Fsp3) is 0.615. The van der Waals surface area contributed by atoms with Crippen LogP contribution >= 0.6 is 0 Å². The molecule has 1 heterocycles. The number of likely N-dealkylation sites (N-methyl/N-ethyl adjacent to an activating group) is 1. The lowest BCUT2D eigenvalue weighted by molar-refractivity contribution is -0.174. The topological polar surface area (TPSA) is 87.5 Å². The average molecular weight is 334 g/mol. The van der Waals surface area contributed by atoms with Crippen LogP contribution in [0.3, 0.4) is 0 Å². The zero-order chi connectivity index (χ0) is 17.4. The van der Waals surface area contributed by atoms with Crippen molar-refractivity contribution < 1.29 is 27.9 Å². The van der Waals surface area contributed by atoms with Gasteiger partial charge in [-0.3, -0.25) is 14.3 Å². The highest BCUT2D eigenvalue weighted by molar-refractivity contribution is 5.97. The van der Waals surface area contributed by atoms with Crippen LogP contribution in [0.15, 0.2) is 6.20 Å². The number of nitrogens with one attached hydrogen (secondary N) is 1. The largest absolute Gasteiger partial charge is 0.435 e. The lowest BCUT2D eigenvalue weighted by Crippen LogP contribution is -2.56. The quantitative estimate of drug-likeness (QED) is 0.785. The van der Waals surface area contributed by atoms with Crippen LogP contribution in [0.2, 0.25) is 0 Å². The Kier molecular flexibility index (Phi) is 4.38. The van der Waals surface area contributed by atoms with Crippen LogP contribution in [0, 0.1) is 0 Å². The van der Waals surface area contributed by atoms with Gasteiger partial charge < -0.3 is 15.3 Å². The molecule has 10 heteroatoms. The molecule has 7 nitrogen and oxygen atoms in total. The van der Waals surface area contributed by atoms with Crippen molar-refractivity contribution in [1.82, 2.24) is 20.0 Å². The Morgan fingerprint density at radius 1 is 1.48 bits per heavy atom. The number of hydrogen-bond donors (Lipinski definition) is 2. The number of halogens is 3. The highest BCUT2D eigenvalue weighted by atomic mass is 19.4. The Morgan fingerprint density at radius 2 is 2.09 bits per heavy atom. The Hall–Kier alpha value is -2.10. The first-order chi connectivity index (χ1) is 10.5. The summed E-state index contributed by atoms with van der Waals surface area (Å²) in [6.07, 6.45) is -2.18. The van der Waals surface area contributed by atoms with Crippen LogP contribution in [0.25, 0.3) is 0 Å². The lowest BCUT2D eigenvalue weighted by Gasteiger charge is -2.44. The maximum atomic E-state index is 12.8. The number of alkyl halides is 3. The van der Waals surface area contributed by atoms with Crippen LogP contribution in [0.4, 0.5) is 13.2 Å². The van der Waals surface area contributed by atoms with E-state index in [0.717, 1.165) is 22.2 Å². The number of rotatable bonds is 4. The van der Waals surface area contributed by atoms with Gasteiger partial charge in [-0.1, -0.05) is 0 Å². The second-order valence-corrected chi connectivity index (χ2v) is 5.53. The van der Waals surface area contributed by atoms with Crippen molar-refractivity contribution in [1.29, 1.82) is 0 Å². The fourth-order valence-electron chi connectivity index (χ4n) is 2.29. The third kappa shape index (κ3) is 3.46. The third-order valence-corrected chi connectivity index (χ3v) is 3.89. The predicted molar refractivity (Wildman–Crippen MR) is 72.1 cm³/mol. The monoisotopic (exact) mass is 334 g/mol. The molecule has 1 aromatic heterocycles. The van der Waals surface area contributed by atoms with Gasteiger partial charge in [-0.25, -0.2) is 0 Å². The van der Waals surface area contributed by atoms with Gasteiger partial charge in [0.15, 0.2) is 5.69 Å². The van der Waals surface area contributed by atoms with E-state index < -0.39 is 41.5 Å². The van der Waals surface area contributed by atoms with Gasteiger partial charge in [0, 0.05) is 20.3 Å². The van der Waals surface area contributed by atoms with Crippen LogP contribution in [-0.4, -0.2) is 50.9 Å². The molecule has 1 fully saturated rings. The smallest absolute Gasteiger partial charge is 0.371 e. The predicted octanol–water partition coefficient (Wildman–Crippen LogP) is 0.500. The molecule has 2 amide bonds. The van der Waals surface area contributed by atoms with E-state index in [1.165, 1.54) is 14.1 Å². The van der Waals surface area contributed by atoms with E-state index in [2.05, 4.69) is 10.4 Å². The molecule has 0 saturated heterocycles. The first kappa shape index (κ1) is 17.3. The second-order valence-electron chi connectivity index (χ2n) is 5.53. The maximum Gasteiger partial charge on any atom is 0.435 e. The Bertz CT molecular complexity index is 622. The van der Waals surface area contributed by atoms with E-state index in [9.17, 15) is 27.9 Å². The molecule has 23 heavy (non-hydrogen) atoms. The summed E-state index contributed by atoms with van der Waals surface area (Å²) >= 11 is 0. The molecule has 0 bridgehead atoms. The third-order valence-electron chi connectivity index (χ3n) is 3.89.